The van der Waals surface area contributed by atoms with E-state index in [1.807, 2.05) is 36.4 Å². The molecule has 42 heavy (non-hydrogen) atoms. The number of benzene rings is 6. The van der Waals surface area contributed by atoms with Crippen molar-refractivity contribution in [3.63, 3.8) is 0 Å². The van der Waals surface area contributed by atoms with E-state index in [0.717, 1.165) is 44.0 Å². The first kappa shape index (κ1) is 23.3. The number of furan rings is 1. The van der Waals surface area contributed by atoms with E-state index in [1.165, 1.54) is 25.6 Å². The van der Waals surface area contributed by atoms with Crippen molar-refractivity contribution in [2.24, 2.45) is 0 Å². The van der Waals surface area contributed by atoms with Gasteiger partial charge in [0.1, 0.15) is 11.2 Å². The van der Waals surface area contributed by atoms with Crippen LogP contribution in [0.2, 0.25) is 0 Å². The number of rotatable bonds is 3. The van der Waals surface area contributed by atoms with Crippen LogP contribution in [0.5, 0.6) is 0 Å². The van der Waals surface area contributed by atoms with Gasteiger partial charge < -0.3 is 4.42 Å². The van der Waals surface area contributed by atoms with Crippen LogP contribution in [0.1, 0.15) is 0 Å². The van der Waals surface area contributed by atoms with Crippen LogP contribution in [0.25, 0.3) is 87.0 Å². The van der Waals surface area contributed by atoms with Gasteiger partial charge in [-0.1, -0.05) is 97.1 Å². The molecule has 4 nitrogen and oxygen atoms in total. The Morgan fingerprint density at radius 1 is 0.452 bits per heavy atom. The summed E-state index contributed by atoms with van der Waals surface area (Å²) in [6, 6.07) is 44.0. The summed E-state index contributed by atoms with van der Waals surface area (Å²) in [7, 11) is 0. The van der Waals surface area contributed by atoms with Gasteiger partial charge in [0.15, 0.2) is 17.5 Å². The summed E-state index contributed by atoms with van der Waals surface area (Å²) < 4.78 is 9.01. The van der Waals surface area contributed by atoms with Crippen LogP contribution < -0.4 is 0 Å². The fourth-order valence-corrected chi connectivity index (χ4v) is 7.01. The summed E-state index contributed by atoms with van der Waals surface area (Å²) in [6.07, 6.45) is 0. The Hall–Kier alpha value is -5.39. The lowest BCUT2D eigenvalue weighted by Crippen LogP contribution is -2.00. The lowest BCUT2D eigenvalue weighted by atomic mass is 10.0. The van der Waals surface area contributed by atoms with Crippen molar-refractivity contribution < 1.29 is 4.42 Å². The summed E-state index contributed by atoms with van der Waals surface area (Å²) in [5.74, 6) is 1.85. The van der Waals surface area contributed by atoms with Gasteiger partial charge in [-0.3, -0.25) is 0 Å². The molecule has 5 heteroatoms. The highest BCUT2D eigenvalue weighted by Gasteiger charge is 2.18. The third kappa shape index (κ3) is 3.64. The molecule has 0 saturated heterocycles. The standard InChI is InChI=1S/C37H21N3OS/c1-2-9-22(10-3-1)35-38-36(25-17-18-27-26-13-6-7-16-32(26)42-33(27)21-25)40-37(39-35)29-15-8-14-28-30-19-23-11-4-5-12-24(23)20-31(30)41-34(28)29/h1-21H. The molecule has 3 heterocycles. The molecule has 0 fully saturated rings. The highest BCUT2D eigenvalue weighted by atomic mass is 32.1. The summed E-state index contributed by atoms with van der Waals surface area (Å²) in [6.45, 7) is 0. The molecule has 0 amide bonds. The molecule has 9 rings (SSSR count). The summed E-state index contributed by atoms with van der Waals surface area (Å²) >= 11 is 1.79. The van der Waals surface area contributed by atoms with Gasteiger partial charge in [-0.25, -0.2) is 15.0 Å². The molecule has 6 aromatic carbocycles. The van der Waals surface area contributed by atoms with Crippen molar-refractivity contribution in [3.05, 3.63) is 127 Å². The summed E-state index contributed by atoms with van der Waals surface area (Å²) in [5, 5.41) is 6.98. The predicted molar refractivity (Wildman–Crippen MR) is 174 cm³/mol. The third-order valence-corrected chi connectivity index (χ3v) is 9.04. The first-order chi connectivity index (χ1) is 20.8. The third-order valence-electron chi connectivity index (χ3n) is 7.91. The van der Waals surface area contributed by atoms with E-state index in [4.69, 9.17) is 19.4 Å². The minimum atomic E-state index is 0.588. The van der Waals surface area contributed by atoms with E-state index in [9.17, 15) is 0 Å². The highest BCUT2D eigenvalue weighted by Crippen LogP contribution is 2.39. The minimum absolute atomic E-state index is 0.588. The fraction of sp³-hybridized carbons (Fsp3) is 0. The van der Waals surface area contributed by atoms with E-state index < -0.39 is 0 Å². The summed E-state index contributed by atoms with van der Waals surface area (Å²) in [4.78, 5) is 15.0. The minimum Gasteiger partial charge on any atom is -0.455 e. The molecule has 0 aliphatic carbocycles. The second-order valence-electron chi connectivity index (χ2n) is 10.5. The number of para-hydroxylation sites is 1. The highest BCUT2D eigenvalue weighted by molar-refractivity contribution is 7.25. The fourth-order valence-electron chi connectivity index (χ4n) is 5.87. The zero-order chi connectivity index (χ0) is 27.6. The Bertz CT molecular complexity index is 2480. The van der Waals surface area contributed by atoms with Crippen molar-refractivity contribution in [2.45, 2.75) is 0 Å². The van der Waals surface area contributed by atoms with Crippen molar-refractivity contribution in [1.29, 1.82) is 0 Å². The van der Waals surface area contributed by atoms with Crippen molar-refractivity contribution in [3.8, 4) is 34.2 Å². The van der Waals surface area contributed by atoms with E-state index >= 15 is 0 Å². The Morgan fingerprint density at radius 3 is 2.02 bits per heavy atom. The van der Waals surface area contributed by atoms with Crippen LogP contribution in [0, 0.1) is 0 Å². The van der Waals surface area contributed by atoms with Gasteiger partial charge in [0.25, 0.3) is 0 Å². The monoisotopic (exact) mass is 555 g/mol. The molecule has 9 aromatic rings. The molecular formula is C37H21N3OS. The van der Waals surface area contributed by atoms with Gasteiger partial charge in [0.05, 0.1) is 5.56 Å². The largest absolute Gasteiger partial charge is 0.455 e. The van der Waals surface area contributed by atoms with E-state index in [1.54, 1.807) is 11.3 Å². The Labute approximate surface area is 244 Å². The number of aromatic nitrogens is 3. The van der Waals surface area contributed by atoms with Crippen LogP contribution in [-0.4, -0.2) is 15.0 Å². The van der Waals surface area contributed by atoms with Gasteiger partial charge in [0, 0.05) is 42.1 Å². The number of fused-ring (bicyclic) bond motifs is 7. The zero-order valence-corrected chi connectivity index (χ0v) is 23.1. The van der Waals surface area contributed by atoms with Gasteiger partial charge in [-0.05, 0) is 41.1 Å². The molecule has 0 saturated carbocycles. The van der Waals surface area contributed by atoms with Crippen LogP contribution in [0.15, 0.2) is 132 Å². The molecule has 0 N–H and O–H groups in total. The second kappa shape index (κ2) is 9.06. The maximum absolute atomic E-state index is 6.53. The molecule has 0 atom stereocenters. The smallest absolute Gasteiger partial charge is 0.167 e. The lowest BCUT2D eigenvalue weighted by Gasteiger charge is -2.09. The van der Waals surface area contributed by atoms with Crippen molar-refractivity contribution >= 4 is 64.2 Å². The maximum Gasteiger partial charge on any atom is 0.167 e. The molecule has 0 spiro atoms. The second-order valence-corrected chi connectivity index (χ2v) is 11.5. The van der Waals surface area contributed by atoms with E-state index in [-0.39, 0.29) is 0 Å². The first-order valence-corrected chi connectivity index (χ1v) is 14.7. The van der Waals surface area contributed by atoms with Crippen LogP contribution in [0.3, 0.4) is 0 Å². The van der Waals surface area contributed by atoms with Crippen LogP contribution in [-0.2, 0) is 0 Å². The lowest BCUT2D eigenvalue weighted by molar-refractivity contribution is 0.670. The number of hydrogen-bond acceptors (Lipinski definition) is 5. The number of thiophene rings is 1. The maximum atomic E-state index is 6.53. The Balaban J connectivity index is 1.28. The molecule has 0 radical (unpaired) electrons. The van der Waals surface area contributed by atoms with Crippen molar-refractivity contribution in [1.82, 2.24) is 15.0 Å². The van der Waals surface area contributed by atoms with E-state index in [0.29, 0.717) is 17.5 Å². The SMILES string of the molecule is c1ccc(-c2nc(-c3ccc4c(c3)sc3ccccc34)nc(-c3cccc4c3oc3cc5ccccc5cc34)n2)cc1. The van der Waals surface area contributed by atoms with Gasteiger partial charge in [0.2, 0.25) is 0 Å². The molecule has 196 valence electrons. The van der Waals surface area contributed by atoms with Gasteiger partial charge >= 0.3 is 0 Å². The Morgan fingerprint density at radius 2 is 1.14 bits per heavy atom. The molecule has 0 aliphatic rings. The van der Waals surface area contributed by atoms with E-state index in [2.05, 4.69) is 91.0 Å². The molecule has 0 bridgehead atoms. The molecular weight excluding hydrogens is 534 g/mol. The molecule has 0 aliphatic heterocycles. The Kier molecular flexibility index (Phi) is 5.03. The average Bonchev–Trinajstić information content (AvgIpc) is 3.61. The van der Waals surface area contributed by atoms with Crippen molar-refractivity contribution in [2.75, 3.05) is 0 Å². The molecule has 0 unspecified atom stereocenters. The zero-order valence-electron chi connectivity index (χ0n) is 22.3. The van der Waals surface area contributed by atoms with Crippen LogP contribution in [0.4, 0.5) is 0 Å². The normalized spacial score (nSPS) is 11.8. The first-order valence-electron chi connectivity index (χ1n) is 13.9. The number of nitrogens with zero attached hydrogens (tertiary/aromatic N) is 3. The van der Waals surface area contributed by atoms with Crippen LogP contribution >= 0.6 is 11.3 Å². The summed E-state index contributed by atoms with van der Waals surface area (Å²) in [5.41, 5.74) is 4.37. The molecule has 3 aromatic heterocycles. The average molecular weight is 556 g/mol. The van der Waals surface area contributed by atoms with Gasteiger partial charge in [-0.2, -0.15) is 0 Å². The quantitative estimate of drug-likeness (QED) is 0.218. The number of hydrogen-bond donors (Lipinski definition) is 0. The predicted octanol–water partition coefficient (Wildman–Crippen LogP) is 10.3. The van der Waals surface area contributed by atoms with Gasteiger partial charge in [-0.15, -0.1) is 11.3 Å². The topological polar surface area (TPSA) is 51.8 Å².